The van der Waals surface area contributed by atoms with Crippen molar-refractivity contribution >= 4 is 12.4 Å². The molecule has 0 aliphatic rings. The maximum absolute atomic E-state index is 12.6. The number of aromatic nitrogens is 1. The first-order valence-corrected chi connectivity index (χ1v) is 3.46. The van der Waals surface area contributed by atoms with Crippen molar-refractivity contribution < 1.29 is 77.5 Å². The monoisotopic (exact) mass is 253 g/mol. The van der Waals surface area contributed by atoms with E-state index in [1.807, 2.05) is 0 Å². The van der Waals surface area contributed by atoms with Gasteiger partial charge in [-0.2, -0.15) is 0 Å². The summed E-state index contributed by atoms with van der Waals surface area (Å²) in [5, 5.41) is 0. The zero-order chi connectivity index (χ0) is 10.9. The summed E-state index contributed by atoms with van der Waals surface area (Å²) in [6.07, 6.45) is -3.02. The zero-order valence-electron chi connectivity index (χ0n) is 7.52. The molecule has 0 N–H and O–H groups in total. The van der Waals surface area contributed by atoms with Crippen LogP contribution in [0.2, 0.25) is 0 Å². The molecule has 0 aromatic carbocycles. The summed E-state index contributed by atoms with van der Waals surface area (Å²) in [6, 6.07) is 0.0223. The van der Waals surface area contributed by atoms with Crippen LogP contribution in [-0.2, 0) is 0 Å². The third kappa shape index (κ3) is 4.06. The minimum absolute atomic E-state index is 0. The quantitative estimate of drug-likeness (QED) is 0.497. The molecule has 0 fully saturated rings. The van der Waals surface area contributed by atoms with Crippen LogP contribution in [-0.4, -0.2) is 12.0 Å². The Labute approximate surface area is 124 Å². The summed E-state index contributed by atoms with van der Waals surface area (Å²) in [6.45, 7) is -5.41. The number of rotatable bonds is 2. The molecule has 15 heavy (non-hydrogen) atoms. The smallest absolute Gasteiger partial charge is 0.445 e. The molecule has 1 rings (SSSR count). The molecule has 0 atom stereocenters. The van der Waals surface area contributed by atoms with Gasteiger partial charge in [-0.05, 0) is 6.07 Å². The van der Waals surface area contributed by atoms with Crippen LogP contribution >= 0.6 is 0 Å². The van der Waals surface area contributed by atoms with E-state index in [0.717, 1.165) is 0 Å². The van der Waals surface area contributed by atoms with Gasteiger partial charge in [-0.25, -0.2) is 13.2 Å². The number of halogens is 6. The predicted molar refractivity (Wildman–Crippen MR) is 37.9 cm³/mol. The van der Waals surface area contributed by atoms with Gasteiger partial charge >= 0.3 is 58.4 Å². The molecule has 78 valence electrons. The normalized spacial score (nSPS) is 11.4. The maximum atomic E-state index is 12.6. The Bertz CT molecular complexity index is 341. The first-order chi connectivity index (χ1) is 6.32. The van der Waals surface area contributed by atoms with Crippen LogP contribution in [0.25, 0.3) is 0 Å². The van der Waals surface area contributed by atoms with Crippen molar-refractivity contribution in [2.24, 2.45) is 0 Å². The fourth-order valence-electron chi connectivity index (χ4n) is 0.803. The molecule has 0 radical (unpaired) electrons. The molecule has 1 aromatic heterocycles. The van der Waals surface area contributed by atoms with Crippen molar-refractivity contribution in [3.63, 3.8) is 0 Å². The number of pyridine rings is 1. The van der Waals surface area contributed by atoms with Gasteiger partial charge in [-0.3, -0.25) is 4.98 Å². The predicted octanol–water partition coefficient (Wildman–Crippen LogP) is -0.783. The molecular weight excluding hydrogens is 250 g/mol. The molecule has 0 saturated carbocycles. The number of hydrogen-bond donors (Lipinski definition) is 0. The van der Waals surface area contributed by atoms with E-state index in [0.29, 0.717) is 0 Å². The SMILES string of the molecule is Fc1cc([B-](F)(F)F)cnc1C(F)F.[K+]. The molecular formula is C6H3BF6KN. The van der Waals surface area contributed by atoms with Gasteiger partial charge in [-0.15, -0.1) is 0 Å². The van der Waals surface area contributed by atoms with Crippen LogP contribution in [0.1, 0.15) is 12.1 Å². The molecule has 0 aliphatic heterocycles. The first-order valence-electron chi connectivity index (χ1n) is 3.46. The van der Waals surface area contributed by atoms with Crippen LogP contribution in [0.3, 0.4) is 0 Å². The first kappa shape index (κ1) is 15.4. The van der Waals surface area contributed by atoms with Gasteiger partial charge < -0.3 is 12.9 Å². The van der Waals surface area contributed by atoms with Gasteiger partial charge in [0, 0.05) is 6.20 Å². The summed E-state index contributed by atoms with van der Waals surface area (Å²) in [5.41, 5.74) is -2.60. The number of alkyl halides is 2. The molecule has 0 unspecified atom stereocenters. The number of hydrogen-bond acceptors (Lipinski definition) is 1. The average Bonchev–Trinajstić information content (AvgIpc) is 2.01. The molecule has 1 nitrogen and oxygen atoms in total. The summed E-state index contributed by atoms with van der Waals surface area (Å²) < 4.78 is 72.3. The second-order valence-electron chi connectivity index (χ2n) is 2.51. The van der Waals surface area contributed by atoms with Gasteiger partial charge in [-0.1, -0.05) is 5.46 Å². The van der Waals surface area contributed by atoms with E-state index in [1.165, 1.54) is 0 Å². The number of nitrogens with zero attached hydrogens (tertiary/aromatic N) is 1. The van der Waals surface area contributed by atoms with E-state index in [-0.39, 0.29) is 63.6 Å². The van der Waals surface area contributed by atoms with Crippen molar-refractivity contribution in [1.82, 2.24) is 4.98 Å². The summed E-state index contributed by atoms with van der Waals surface area (Å²) >= 11 is 0. The Morgan fingerprint density at radius 3 is 2.07 bits per heavy atom. The van der Waals surface area contributed by atoms with Gasteiger partial charge in [0.2, 0.25) is 0 Å². The van der Waals surface area contributed by atoms with Crippen molar-refractivity contribution in [2.45, 2.75) is 6.43 Å². The second-order valence-corrected chi connectivity index (χ2v) is 2.51. The minimum atomic E-state index is -5.41. The van der Waals surface area contributed by atoms with Crippen LogP contribution in [0.15, 0.2) is 12.3 Å². The summed E-state index contributed by atoms with van der Waals surface area (Å²) in [7, 11) is 0. The van der Waals surface area contributed by atoms with Crippen molar-refractivity contribution in [3.05, 3.63) is 23.8 Å². The van der Waals surface area contributed by atoms with Crippen molar-refractivity contribution in [3.8, 4) is 0 Å². The van der Waals surface area contributed by atoms with Crippen molar-refractivity contribution in [2.75, 3.05) is 0 Å². The molecule has 1 aromatic rings. The summed E-state index contributed by atoms with van der Waals surface area (Å²) in [4.78, 5) is 2.71. The van der Waals surface area contributed by atoms with Gasteiger partial charge in [0.15, 0.2) is 0 Å². The molecule has 0 aliphatic carbocycles. The Kier molecular flexibility index (Phi) is 5.83. The van der Waals surface area contributed by atoms with Crippen LogP contribution < -0.4 is 56.8 Å². The van der Waals surface area contributed by atoms with E-state index in [4.69, 9.17) is 0 Å². The Morgan fingerprint density at radius 1 is 1.20 bits per heavy atom. The second kappa shape index (κ2) is 5.67. The average molecular weight is 253 g/mol. The van der Waals surface area contributed by atoms with Crippen LogP contribution in [0, 0.1) is 5.82 Å². The molecule has 0 saturated heterocycles. The fourth-order valence-corrected chi connectivity index (χ4v) is 0.803. The zero-order valence-corrected chi connectivity index (χ0v) is 10.6. The Hall–Kier alpha value is 0.431. The van der Waals surface area contributed by atoms with E-state index < -0.39 is 30.4 Å². The van der Waals surface area contributed by atoms with Crippen LogP contribution in [0.5, 0.6) is 0 Å². The molecule has 0 bridgehead atoms. The largest absolute Gasteiger partial charge is 1.00 e. The maximum Gasteiger partial charge on any atom is 1.00 e. The molecule has 0 amide bonds. The van der Waals surface area contributed by atoms with Gasteiger partial charge in [0.1, 0.15) is 11.5 Å². The summed E-state index contributed by atoms with van der Waals surface area (Å²) in [5.74, 6) is -1.64. The van der Waals surface area contributed by atoms with E-state index in [1.54, 1.807) is 0 Å². The molecule has 1 heterocycles. The van der Waals surface area contributed by atoms with Crippen LogP contribution in [0.4, 0.5) is 26.1 Å². The van der Waals surface area contributed by atoms with Gasteiger partial charge in [0.25, 0.3) is 6.43 Å². The third-order valence-corrected chi connectivity index (χ3v) is 1.48. The van der Waals surface area contributed by atoms with E-state index in [9.17, 15) is 26.1 Å². The molecule has 9 heteroatoms. The van der Waals surface area contributed by atoms with E-state index in [2.05, 4.69) is 4.98 Å². The van der Waals surface area contributed by atoms with Crippen molar-refractivity contribution in [1.29, 1.82) is 0 Å². The standard InChI is InChI=1S/C6H3BF6N.K/c8-4-1-3(7(11,12)13)2-14-5(4)6(9)10;/h1-2,6H;/q-1;+1. The third-order valence-electron chi connectivity index (χ3n) is 1.48. The van der Waals surface area contributed by atoms with Gasteiger partial charge in [0.05, 0.1) is 0 Å². The minimum Gasteiger partial charge on any atom is -0.445 e. The Balaban J connectivity index is 0.00000196. The fraction of sp³-hybridized carbons (Fsp3) is 0.167. The molecule has 0 spiro atoms. The van der Waals surface area contributed by atoms with E-state index >= 15 is 0 Å². The topological polar surface area (TPSA) is 12.9 Å². The Morgan fingerprint density at radius 2 is 1.73 bits per heavy atom.